The minimum Gasteiger partial charge on any atom is -0.272 e. The Labute approximate surface area is 131 Å². The van der Waals surface area contributed by atoms with Gasteiger partial charge < -0.3 is 0 Å². The van der Waals surface area contributed by atoms with Crippen LogP contribution in [0.25, 0.3) is 11.3 Å². The summed E-state index contributed by atoms with van der Waals surface area (Å²) >= 11 is 0. The van der Waals surface area contributed by atoms with E-state index >= 15 is 0 Å². The zero-order valence-electron chi connectivity index (χ0n) is 11.9. The Morgan fingerprint density at radius 3 is 2.78 bits per heavy atom. The Morgan fingerprint density at radius 1 is 1.22 bits per heavy atom. The first-order valence-electron chi connectivity index (χ1n) is 6.78. The second-order valence-electron chi connectivity index (χ2n) is 4.63. The van der Waals surface area contributed by atoms with Gasteiger partial charge >= 0.3 is 0 Å². The molecule has 114 valence electrons. The van der Waals surface area contributed by atoms with Crippen LogP contribution in [0.5, 0.6) is 0 Å². The van der Waals surface area contributed by atoms with Crippen molar-refractivity contribution in [2.75, 3.05) is 0 Å². The first-order chi connectivity index (χ1) is 11.2. The summed E-state index contributed by atoms with van der Waals surface area (Å²) in [6, 6.07) is 12.8. The van der Waals surface area contributed by atoms with E-state index in [9.17, 15) is 9.18 Å². The Balaban J connectivity index is 1.67. The summed E-state index contributed by atoms with van der Waals surface area (Å²) in [6.45, 7) is 0. The number of aromatic amines is 1. The molecule has 0 aliphatic heterocycles. The summed E-state index contributed by atoms with van der Waals surface area (Å²) in [4.78, 5) is 16.0. The molecule has 0 saturated heterocycles. The largest absolute Gasteiger partial charge is 0.289 e. The van der Waals surface area contributed by atoms with Crippen LogP contribution in [0, 0.1) is 5.82 Å². The summed E-state index contributed by atoms with van der Waals surface area (Å²) in [7, 11) is 0. The SMILES string of the molecule is O=C(NN=Cc1ccccn1)c1cc(-c2ccc(F)cc2)n[nH]1. The number of hydrogen-bond donors (Lipinski definition) is 2. The number of hydrazone groups is 1. The lowest BCUT2D eigenvalue weighted by atomic mass is 10.1. The smallest absolute Gasteiger partial charge is 0.272 e. The van der Waals surface area contributed by atoms with Gasteiger partial charge in [0.15, 0.2) is 0 Å². The minimum atomic E-state index is -0.432. The zero-order valence-corrected chi connectivity index (χ0v) is 11.9. The predicted molar refractivity (Wildman–Crippen MR) is 83.3 cm³/mol. The van der Waals surface area contributed by atoms with Gasteiger partial charge in [-0.15, -0.1) is 0 Å². The molecular formula is C16H12FN5O. The maximum Gasteiger partial charge on any atom is 0.289 e. The third-order valence-corrected chi connectivity index (χ3v) is 3.01. The second kappa shape index (κ2) is 6.61. The molecule has 0 bridgehead atoms. The fraction of sp³-hybridized carbons (Fsp3) is 0. The van der Waals surface area contributed by atoms with Gasteiger partial charge in [-0.05, 0) is 42.5 Å². The predicted octanol–water partition coefficient (Wildman–Crippen LogP) is 2.37. The second-order valence-corrected chi connectivity index (χ2v) is 4.63. The zero-order chi connectivity index (χ0) is 16.1. The third kappa shape index (κ3) is 3.65. The van der Waals surface area contributed by atoms with Crippen molar-refractivity contribution in [3.05, 3.63) is 71.9 Å². The van der Waals surface area contributed by atoms with Crippen molar-refractivity contribution in [2.24, 2.45) is 5.10 Å². The van der Waals surface area contributed by atoms with Gasteiger partial charge in [-0.2, -0.15) is 10.2 Å². The number of aromatic nitrogens is 3. The molecule has 23 heavy (non-hydrogen) atoms. The van der Waals surface area contributed by atoms with E-state index in [0.29, 0.717) is 17.0 Å². The minimum absolute atomic E-state index is 0.252. The molecule has 0 radical (unpaired) electrons. The van der Waals surface area contributed by atoms with Gasteiger partial charge in [0.1, 0.15) is 11.5 Å². The summed E-state index contributed by atoms with van der Waals surface area (Å²) in [5, 5.41) is 10.5. The topological polar surface area (TPSA) is 83.0 Å². The Morgan fingerprint density at radius 2 is 2.04 bits per heavy atom. The van der Waals surface area contributed by atoms with Crippen LogP contribution in [0.4, 0.5) is 4.39 Å². The number of halogens is 1. The standard InChI is InChI=1S/C16H12FN5O/c17-12-6-4-11(5-7-12)14-9-15(21-20-14)16(23)22-19-10-13-3-1-2-8-18-13/h1-10H,(H,20,21)(H,22,23). The highest BCUT2D eigenvalue weighted by Gasteiger charge is 2.10. The van der Waals surface area contributed by atoms with E-state index < -0.39 is 5.91 Å². The molecule has 0 aliphatic rings. The van der Waals surface area contributed by atoms with E-state index in [1.807, 2.05) is 6.07 Å². The van der Waals surface area contributed by atoms with Crippen LogP contribution >= 0.6 is 0 Å². The van der Waals surface area contributed by atoms with Crippen LogP contribution in [0.3, 0.4) is 0 Å². The van der Waals surface area contributed by atoms with E-state index in [4.69, 9.17) is 0 Å². The van der Waals surface area contributed by atoms with Crippen molar-refractivity contribution in [3.63, 3.8) is 0 Å². The van der Waals surface area contributed by atoms with Gasteiger partial charge in [0, 0.05) is 11.8 Å². The number of nitrogens with one attached hydrogen (secondary N) is 2. The van der Waals surface area contributed by atoms with Crippen molar-refractivity contribution in [3.8, 4) is 11.3 Å². The van der Waals surface area contributed by atoms with Gasteiger partial charge in [-0.1, -0.05) is 6.07 Å². The molecule has 1 amide bonds. The Bertz CT molecular complexity index is 827. The number of carbonyl (C=O) groups is 1. The summed E-state index contributed by atoms with van der Waals surface area (Å²) in [6.07, 6.45) is 3.07. The number of hydrogen-bond acceptors (Lipinski definition) is 4. The van der Waals surface area contributed by atoms with Gasteiger partial charge in [-0.25, -0.2) is 9.82 Å². The maximum absolute atomic E-state index is 12.9. The molecule has 3 aromatic rings. The molecule has 2 aromatic heterocycles. The van der Waals surface area contributed by atoms with E-state index in [-0.39, 0.29) is 11.5 Å². The molecule has 0 atom stereocenters. The van der Waals surface area contributed by atoms with E-state index in [1.165, 1.54) is 18.3 Å². The van der Waals surface area contributed by atoms with E-state index in [1.54, 1.807) is 36.5 Å². The molecule has 6 nitrogen and oxygen atoms in total. The Kier molecular flexibility index (Phi) is 4.19. The molecule has 0 unspecified atom stereocenters. The molecule has 0 spiro atoms. The molecule has 3 rings (SSSR count). The number of carbonyl (C=O) groups excluding carboxylic acids is 1. The average molecular weight is 309 g/mol. The molecule has 0 saturated carbocycles. The van der Waals surface area contributed by atoms with Crippen LogP contribution in [-0.4, -0.2) is 27.3 Å². The van der Waals surface area contributed by atoms with E-state index in [2.05, 4.69) is 25.7 Å². The number of H-pyrrole nitrogens is 1. The number of amides is 1. The third-order valence-electron chi connectivity index (χ3n) is 3.01. The first-order valence-corrected chi connectivity index (χ1v) is 6.78. The highest BCUT2D eigenvalue weighted by atomic mass is 19.1. The molecule has 2 N–H and O–H groups in total. The lowest BCUT2D eigenvalue weighted by Gasteiger charge is -1.95. The highest BCUT2D eigenvalue weighted by Crippen LogP contribution is 2.17. The van der Waals surface area contributed by atoms with Crippen LogP contribution in [0.2, 0.25) is 0 Å². The Hall–Kier alpha value is -3.35. The number of benzene rings is 1. The fourth-order valence-corrected chi connectivity index (χ4v) is 1.88. The van der Waals surface area contributed by atoms with E-state index in [0.717, 1.165) is 0 Å². The maximum atomic E-state index is 12.9. The summed E-state index contributed by atoms with van der Waals surface area (Å²) in [5.41, 5.74) is 4.51. The fourth-order valence-electron chi connectivity index (χ4n) is 1.88. The molecule has 7 heteroatoms. The molecule has 0 fully saturated rings. The average Bonchev–Trinajstić information content (AvgIpc) is 3.06. The van der Waals surface area contributed by atoms with Crippen LogP contribution in [0.15, 0.2) is 59.8 Å². The van der Waals surface area contributed by atoms with Crippen molar-refractivity contribution in [2.45, 2.75) is 0 Å². The van der Waals surface area contributed by atoms with Gasteiger partial charge in [0.25, 0.3) is 5.91 Å². The molecule has 1 aromatic carbocycles. The van der Waals surface area contributed by atoms with Gasteiger partial charge in [0.2, 0.25) is 0 Å². The number of pyridine rings is 1. The normalized spacial score (nSPS) is 10.8. The van der Waals surface area contributed by atoms with Crippen molar-refractivity contribution >= 4 is 12.1 Å². The summed E-state index contributed by atoms with van der Waals surface area (Å²) < 4.78 is 12.9. The summed E-state index contributed by atoms with van der Waals surface area (Å²) in [5.74, 6) is -0.760. The molecular weight excluding hydrogens is 297 g/mol. The first kappa shape index (κ1) is 14.6. The highest BCUT2D eigenvalue weighted by molar-refractivity contribution is 5.93. The monoisotopic (exact) mass is 309 g/mol. The quantitative estimate of drug-likeness (QED) is 0.573. The van der Waals surface area contributed by atoms with Crippen LogP contribution in [0.1, 0.15) is 16.2 Å². The lowest BCUT2D eigenvalue weighted by molar-refractivity contribution is 0.0950. The molecule has 0 aliphatic carbocycles. The lowest BCUT2D eigenvalue weighted by Crippen LogP contribution is -2.18. The van der Waals surface area contributed by atoms with Crippen LogP contribution in [-0.2, 0) is 0 Å². The molecule has 2 heterocycles. The van der Waals surface area contributed by atoms with Crippen molar-refractivity contribution < 1.29 is 9.18 Å². The number of nitrogens with zero attached hydrogens (tertiary/aromatic N) is 3. The van der Waals surface area contributed by atoms with Crippen molar-refractivity contribution in [1.82, 2.24) is 20.6 Å². The number of rotatable bonds is 4. The van der Waals surface area contributed by atoms with Gasteiger partial charge in [-0.3, -0.25) is 14.9 Å². The van der Waals surface area contributed by atoms with Gasteiger partial charge in [0.05, 0.1) is 17.6 Å². The van der Waals surface area contributed by atoms with Crippen molar-refractivity contribution in [1.29, 1.82) is 0 Å². The van der Waals surface area contributed by atoms with Crippen LogP contribution < -0.4 is 5.43 Å².